The molecule has 0 rings (SSSR count). The van der Waals surface area contributed by atoms with Crippen molar-refractivity contribution in [1.82, 2.24) is 0 Å². The van der Waals surface area contributed by atoms with Crippen LogP contribution in [0.1, 0.15) is 19.3 Å². The van der Waals surface area contributed by atoms with Gasteiger partial charge in [0.15, 0.2) is 0 Å². The Morgan fingerprint density at radius 1 is 1.36 bits per heavy atom. The van der Waals surface area contributed by atoms with Gasteiger partial charge in [-0.1, -0.05) is 24.3 Å². The van der Waals surface area contributed by atoms with E-state index in [-0.39, 0.29) is 6.04 Å². The Hall–Kier alpha value is -0.820. The molecule has 11 heavy (non-hydrogen) atoms. The first-order chi connectivity index (χ1) is 5.22. The molecule has 0 aliphatic carbocycles. The summed E-state index contributed by atoms with van der Waals surface area (Å²) in [6.45, 7) is 11.1. The standard InChI is InChI=1S/C10H17N/c1-4-6-8-9(3)10(11)7-5-2/h4-5,10H,1-3,6-8,11H2. The van der Waals surface area contributed by atoms with Crippen molar-refractivity contribution >= 4 is 0 Å². The number of allylic oxidation sites excluding steroid dienone is 1. The number of hydrogen-bond donors (Lipinski definition) is 1. The molecule has 0 aliphatic rings. The van der Waals surface area contributed by atoms with E-state index >= 15 is 0 Å². The molecular formula is C10H17N. The molecule has 0 spiro atoms. The summed E-state index contributed by atoms with van der Waals surface area (Å²) < 4.78 is 0. The first kappa shape index (κ1) is 10.2. The van der Waals surface area contributed by atoms with Gasteiger partial charge < -0.3 is 5.73 Å². The Balaban J connectivity index is 3.62. The van der Waals surface area contributed by atoms with Gasteiger partial charge in [0.05, 0.1) is 0 Å². The van der Waals surface area contributed by atoms with Gasteiger partial charge in [-0.25, -0.2) is 0 Å². The summed E-state index contributed by atoms with van der Waals surface area (Å²) in [6, 6.07) is 0.0763. The number of nitrogens with two attached hydrogens (primary N) is 1. The number of hydrogen-bond acceptors (Lipinski definition) is 1. The second kappa shape index (κ2) is 5.93. The van der Waals surface area contributed by atoms with Crippen LogP contribution in [0.3, 0.4) is 0 Å². The average molecular weight is 151 g/mol. The van der Waals surface area contributed by atoms with Gasteiger partial charge in [0.2, 0.25) is 0 Å². The molecule has 0 aromatic rings. The van der Waals surface area contributed by atoms with E-state index in [0.29, 0.717) is 0 Å². The van der Waals surface area contributed by atoms with Crippen molar-refractivity contribution < 1.29 is 0 Å². The Bertz CT molecular complexity index is 147. The Morgan fingerprint density at radius 3 is 2.45 bits per heavy atom. The summed E-state index contributed by atoms with van der Waals surface area (Å²) in [7, 11) is 0. The zero-order chi connectivity index (χ0) is 8.69. The number of rotatable bonds is 6. The molecule has 1 heteroatoms. The second-order valence-corrected chi connectivity index (χ2v) is 2.62. The van der Waals surface area contributed by atoms with Gasteiger partial charge in [-0.2, -0.15) is 0 Å². The third kappa shape index (κ3) is 4.57. The largest absolute Gasteiger partial charge is 0.324 e. The molecule has 0 saturated carbocycles. The average Bonchev–Trinajstić information content (AvgIpc) is 2.00. The molecule has 1 nitrogen and oxygen atoms in total. The maximum atomic E-state index is 5.76. The van der Waals surface area contributed by atoms with E-state index in [4.69, 9.17) is 5.73 Å². The fraction of sp³-hybridized carbons (Fsp3) is 0.400. The monoisotopic (exact) mass is 151 g/mol. The highest BCUT2D eigenvalue weighted by Gasteiger charge is 2.02. The van der Waals surface area contributed by atoms with Gasteiger partial charge in [0, 0.05) is 6.04 Å². The summed E-state index contributed by atoms with van der Waals surface area (Å²) >= 11 is 0. The molecule has 62 valence electrons. The van der Waals surface area contributed by atoms with Gasteiger partial charge in [-0.05, 0) is 19.3 Å². The first-order valence-electron chi connectivity index (χ1n) is 3.87. The minimum Gasteiger partial charge on any atom is -0.324 e. The van der Waals surface area contributed by atoms with E-state index in [2.05, 4.69) is 19.7 Å². The molecule has 1 atom stereocenters. The van der Waals surface area contributed by atoms with Crippen LogP contribution in [0.15, 0.2) is 37.5 Å². The lowest BCUT2D eigenvalue weighted by atomic mass is 10.0. The highest BCUT2D eigenvalue weighted by molar-refractivity contribution is 5.06. The van der Waals surface area contributed by atoms with Gasteiger partial charge in [-0.3, -0.25) is 0 Å². The summed E-state index contributed by atoms with van der Waals surface area (Å²) in [5, 5.41) is 0. The van der Waals surface area contributed by atoms with E-state index < -0.39 is 0 Å². The van der Waals surface area contributed by atoms with Crippen molar-refractivity contribution in [3.8, 4) is 0 Å². The van der Waals surface area contributed by atoms with Crippen molar-refractivity contribution in [3.63, 3.8) is 0 Å². The van der Waals surface area contributed by atoms with Crippen LogP contribution in [0.2, 0.25) is 0 Å². The molecule has 1 unspecified atom stereocenters. The third-order valence-electron chi connectivity index (χ3n) is 1.61. The van der Waals surface area contributed by atoms with Crippen molar-refractivity contribution in [1.29, 1.82) is 0 Å². The highest BCUT2D eigenvalue weighted by Crippen LogP contribution is 2.09. The topological polar surface area (TPSA) is 26.0 Å². The summed E-state index contributed by atoms with van der Waals surface area (Å²) in [5.41, 5.74) is 6.85. The molecule has 0 bridgehead atoms. The van der Waals surface area contributed by atoms with Gasteiger partial charge in [0.1, 0.15) is 0 Å². The van der Waals surface area contributed by atoms with Crippen molar-refractivity contribution in [2.45, 2.75) is 25.3 Å². The van der Waals surface area contributed by atoms with E-state index in [0.717, 1.165) is 24.8 Å². The first-order valence-corrected chi connectivity index (χ1v) is 3.87. The van der Waals surface area contributed by atoms with Crippen LogP contribution in [0.5, 0.6) is 0 Å². The SMILES string of the molecule is C=CCCC(=C)C(N)CC=C. The summed E-state index contributed by atoms with van der Waals surface area (Å²) in [6.07, 6.45) is 6.42. The predicted molar refractivity (Wildman–Crippen MR) is 51.4 cm³/mol. The fourth-order valence-corrected chi connectivity index (χ4v) is 0.819. The molecule has 0 radical (unpaired) electrons. The van der Waals surface area contributed by atoms with Gasteiger partial charge in [-0.15, -0.1) is 13.2 Å². The summed E-state index contributed by atoms with van der Waals surface area (Å²) in [5.74, 6) is 0. The van der Waals surface area contributed by atoms with Gasteiger partial charge in [0.25, 0.3) is 0 Å². The van der Waals surface area contributed by atoms with Crippen LogP contribution in [0.4, 0.5) is 0 Å². The minimum atomic E-state index is 0.0763. The Morgan fingerprint density at radius 2 is 2.00 bits per heavy atom. The van der Waals surface area contributed by atoms with E-state index in [1.165, 1.54) is 0 Å². The zero-order valence-electron chi connectivity index (χ0n) is 7.05. The lowest BCUT2D eigenvalue weighted by Crippen LogP contribution is -2.20. The Kier molecular flexibility index (Phi) is 5.49. The zero-order valence-corrected chi connectivity index (χ0v) is 7.05. The molecule has 2 N–H and O–H groups in total. The van der Waals surface area contributed by atoms with E-state index in [9.17, 15) is 0 Å². The molecule has 0 heterocycles. The fourth-order valence-electron chi connectivity index (χ4n) is 0.819. The highest BCUT2D eigenvalue weighted by atomic mass is 14.6. The maximum Gasteiger partial charge on any atom is 0.0285 e. The smallest absolute Gasteiger partial charge is 0.0285 e. The Labute approximate surface area is 69.3 Å². The van der Waals surface area contributed by atoms with E-state index in [1.54, 1.807) is 0 Å². The molecule has 0 saturated heterocycles. The molecule has 0 fully saturated rings. The molecule has 0 aliphatic heterocycles. The van der Waals surface area contributed by atoms with Crippen LogP contribution in [-0.2, 0) is 0 Å². The van der Waals surface area contributed by atoms with Crippen LogP contribution in [-0.4, -0.2) is 6.04 Å². The van der Waals surface area contributed by atoms with Crippen LogP contribution in [0, 0.1) is 0 Å². The second-order valence-electron chi connectivity index (χ2n) is 2.62. The minimum absolute atomic E-state index is 0.0763. The van der Waals surface area contributed by atoms with Crippen molar-refractivity contribution in [2.24, 2.45) is 5.73 Å². The van der Waals surface area contributed by atoms with Crippen LogP contribution >= 0.6 is 0 Å². The molecular weight excluding hydrogens is 134 g/mol. The van der Waals surface area contributed by atoms with Crippen molar-refractivity contribution in [3.05, 3.63) is 37.5 Å². The maximum absolute atomic E-state index is 5.76. The normalized spacial score (nSPS) is 12.1. The molecule has 0 aromatic carbocycles. The predicted octanol–water partition coefficient (Wildman–Crippen LogP) is 2.41. The lowest BCUT2D eigenvalue weighted by Gasteiger charge is -2.10. The molecule has 0 aromatic heterocycles. The summed E-state index contributed by atoms with van der Waals surface area (Å²) in [4.78, 5) is 0. The van der Waals surface area contributed by atoms with E-state index in [1.807, 2.05) is 12.2 Å². The van der Waals surface area contributed by atoms with Gasteiger partial charge >= 0.3 is 0 Å². The quantitative estimate of drug-likeness (QED) is 0.580. The molecule has 0 amide bonds. The van der Waals surface area contributed by atoms with Crippen LogP contribution < -0.4 is 5.73 Å². The van der Waals surface area contributed by atoms with Crippen molar-refractivity contribution in [2.75, 3.05) is 0 Å². The lowest BCUT2D eigenvalue weighted by molar-refractivity contribution is 0.739. The third-order valence-corrected chi connectivity index (χ3v) is 1.61. The van der Waals surface area contributed by atoms with Crippen LogP contribution in [0.25, 0.3) is 0 Å².